The molecule has 0 fully saturated rings. The van der Waals surface area contributed by atoms with Crippen LogP contribution < -0.4 is 5.32 Å². The van der Waals surface area contributed by atoms with Gasteiger partial charge in [-0.3, -0.25) is 4.79 Å². The number of carbonyl (C=O) groups is 1. The van der Waals surface area contributed by atoms with Crippen LogP contribution in [0, 0.1) is 0 Å². The molecule has 0 saturated heterocycles. The third kappa shape index (κ3) is 4.37. The van der Waals surface area contributed by atoms with E-state index in [0.717, 1.165) is 16.8 Å². The van der Waals surface area contributed by atoms with E-state index in [1.54, 1.807) is 19.2 Å². The molecular weight excluding hydrogens is 274 g/mol. The Morgan fingerprint density at radius 2 is 1.90 bits per heavy atom. The molecule has 3 nitrogen and oxygen atoms in total. The van der Waals surface area contributed by atoms with E-state index in [1.165, 1.54) is 0 Å². The van der Waals surface area contributed by atoms with Crippen LogP contribution in [0.4, 0.5) is 5.69 Å². The van der Waals surface area contributed by atoms with Crippen molar-refractivity contribution >= 4 is 23.2 Å². The first-order chi connectivity index (χ1) is 9.67. The van der Waals surface area contributed by atoms with Crippen LogP contribution in [-0.2, 0) is 22.6 Å². The summed E-state index contributed by atoms with van der Waals surface area (Å²) in [5.74, 6) is -0.0677. The van der Waals surface area contributed by atoms with Crippen molar-refractivity contribution in [2.75, 3.05) is 12.4 Å². The second-order valence-corrected chi connectivity index (χ2v) is 4.92. The van der Waals surface area contributed by atoms with Crippen LogP contribution in [-0.4, -0.2) is 13.0 Å². The fraction of sp³-hybridized carbons (Fsp3) is 0.188. The zero-order chi connectivity index (χ0) is 14.4. The Labute approximate surface area is 123 Å². The summed E-state index contributed by atoms with van der Waals surface area (Å²) in [4.78, 5) is 12.0. The van der Waals surface area contributed by atoms with Crippen molar-refractivity contribution in [1.29, 1.82) is 0 Å². The summed E-state index contributed by atoms with van der Waals surface area (Å²) < 4.78 is 5.07. The number of hydrogen-bond acceptors (Lipinski definition) is 2. The highest BCUT2D eigenvalue weighted by molar-refractivity contribution is 6.30. The quantitative estimate of drug-likeness (QED) is 0.912. The van der Waals surface area contributed by atoms with Gasteiger partial charge < -0.3 is 10.1 Å². The van der Waals surface area contributed by atoms with Crippen LogP contribution in [0.2, 0.25) is 5.02 Å². The Hall–Kier alpha value is -1.84. The molecule has 0 atom stereocenters. The van der Waals surface area contributed by atoms with E-state index in [4.69, 9.17) is 16.3 Å². The van der Waals surface area contributed by atoms with Gasteiger partial charge in [-0.15, -0.1) is 0 Å². The number of methoxy groups -OCH3 is 1. The van der Waals surface area contributed by atoms with Crippen molar-refractivity contribution in [2.45, 2.75) is 13.0 Å². The average Bonchev–Trinajstić information content (AvgIpc) is 2.39. The van der Waals surface area contributed by atoms with E-state index in [0.29, 0.717) is 18.1 Å². The number of rotatable bonds is 5. The molecule has 104 valence electrons. The second-order valence-electron chi connectivity index (χ2n) is 4.49. The Morgan fingerprint density at radius 3 is 2.65 bits per heavy atom. The van der Waals surface area contributed by atoms with E-state index in [9.17, 15) is 4.79 Å². The SMILES string of the molecule is COCc1cccc(NC(=O)Cc2cccc(Cl)c2)c1. The van der Waals surface area contributed by atoms with Gasteiger partial charge >= 0.3 is 0 Å². The highest BCUT2D eigenvalue weighted by atomic mass is 35.5. The maximum absolute atomic E-state index is 12.0. The lowest BCUT2D eigenvalue weighted by Crippen LogP contribution is -2.14. The van der Waals surface area contributed by atoms with Gasteiger partial charge in [0, 0.05) is 17.8 Å². The first kappa shape index (κ1) is 14.6. The normalized spacial score (nSPS) is 10.3. The summed E-state index contributed by atoms with van der Waals surface area (Å²) in [6.07, 6.45) is 0.301. The Morgan fingerprint density at radius 1 is 1.15 bits per heavy atom. The third-order valence-electron chi connectivity index (χ3n) is 2.78. The van der Waals surface area contributed by atoms with E-state index in [1.807, 2.05) is 36.4 Å². The average molecular weight is 290 g/mol. The molecule has 0 aliphatic carbocycles. The van der Waals surface area contributed by atoms with E-state index in [2.05, 4.69) is 5.32 Å². The van der Waals surface area contributed by atoms with E-state index >= 15 is 0 Å². The van der Waals surface area contributed by atoms with Gasteiger partial charge in [0.1, 0.15) is 0 Å². The van der Waals surface area contributed by atoms with Gasteiger partial charge in [0.15, 0.2) is 0 Å². The lowest BCUT2D eigenvalue weighted by Gasteiger charge is -2.07. The standard InChI is InChI=1S/C16H16ClNO2/c1-20-11-13-5-3-7-15(9-13)18-16(19)10-12-4-2-6-14(17)8-12/h2-9H,10-11H2,1H3,(H,18,19). The molecule has 0 heterocycles. The first-order valence-corrected chi connectivity index (χ1v) is 6.67. The molecule has 2 aromatic rings. The maximum atomic E-state index is 12.0. The molecule has 0 radical (unpaired) electrons. The number of nitrogens with one attached hydrogen (secondary N) is 1. The number of hydrogen-bond donors (Lipinski definition) is 1. The molecule has 1 amide bonds. The molecule has 0 bridgehead atoms. The molecule has 1 N–H and O–H groups in total. The lowest BCUT2D eigenvalue weighted by atomic mass is 10.1. The minimum absolute atomic E-state index is 0.0677. The predicted octanol–water partition coefficient (Wildman–Crippen LogP) is 3.67. The summed E-state index contributed by atoms with van der Waals surface area (Å²) in [5.41, 5.74) is 2.68. The fourth-order valence-corrected chi connectivity index (χ4v) is 2.16. The number of amides is 1. The van der Waals surface area contributed by atoms with Gasteiger partial charge in [-0.05, 0) is 35.4 Å². The molecular formula is C16H16ClNO2. The number of anilines is 1. The molecule has 0 saturated carbocycles. The molecule has 0 unspecified atom stereocenters. The largest absolute Gasteiger partial charge is 0.380 e. The minimum atomic E-state index is -0.0677. The molecule has 20 heavy (non-hydrogen) atoms. The molecule has 0 aromatic heterocycles. The summed E-state index contributed by atoms with van der Waals surface area (Å²) in [7, 11) is 1.64. The number of ether oxygens (including phenoxy) is 1. The van der Waals surface area contributed by atoms with Crippen LogP contribution in [0.25, 0.3) is 0 Å². The van der Waals surface area contributed by atoms with Gasteiger partial charge in [-0.1, -0.05) is 35.9 Å². The van der Waals surface area contributed by atoms with Crippen molar-refractivity contribution in [2.24, 2.45) is 0 Å². The fourth-order valence-electron chi connectivity index (χ4n) is 1.94. The summed E-state index contributed by atoms with van der Waals surface area (Å²) in [6, 6.07) is 14.9. The molecule has 0 aliphatic heterocycles. The van der Waals surface area contributed by atoms with E-state index < -0.39 is 0 Å². The highest BCUT2D eigenvalue weighted by Gasteiger charge is 2.05. The molecule has 0 aliphatic rings. The van der Waals surface area contributed by atoms with Crippen molar-refractivity contribution in [3.8, 4) is 0 Å². The molecule has 2 rings (SSSR count). The van der Waals surface area contributed by atoms with Gasteiger partial charge in [-0.2, -0.15) is 0 Å². The van der Waals surface area contributed by atoms with Gasteiger partial charge in [0.25, 0.3) is 0 Å². The van der Waals surface area contributed by atoms with Crippen molar-refractivity contribution < 1.29 is 9.53 Å². The van der Waals surface area contributed by atoms with E-state index in [-0.39, 0.29) is 5.91 Å². The number of halogens is 1. The first-order valence-electron chi connectivity index (χ1n) is 6.29. The minimum Gasteiger partial charge on any atom is -0.380 e. The van der Waals surface area contributed by atoms with Crippen molar-refractivity contribution in [3.05, 3.63) is 64.7 Å². The zero-order valence-corrected chi connectivity index (χ0v) is 12.0. The Kier molecular flexibility index (Phi) is 5.16. The maximum Gasteiger partial charge on any atom is 0.228 e. The third-order valence-corrected chi connectivity index (χ3v) is 3.01. The van der Waals surface area contributed by atoms with Gasteiger partial charge in [-0.25, -0.2) is 0 Å². The highest BCUT2D eigenvalue weighted by Crippen LogP contribution is 2.14. The monoisotopic (exact) mass is 289 g/mol. The lowest BCUT2D eigenvalue weighted by molar-refractivity contribution is -0.115. The summed E-state index contributed by atoms with van der Waals surface area (Å²) in [6.45, 7) is 0.526. The Bertz CT molecular complexity index is 599. The molecule has 2 aromatic carbocycles. The number of carbonyl (C=O) groups excluding carboxylic acids is 1. The van der Waals surface area contributed by atoms with Crippen molar-refractivity contribution in [3.63, 3.8) is 0 Å². The smallest absolute Gasteiger partial charge is 0.228 e. The van der Waals surface area contributed by atoms with Gasteiger partial charge in [0.2, 0.25) is 5.91 Å². The zero-order valence-electron chi connectivity index (χ0n) is 11.2. The van der Waals surface area contributed by atoms with Crippen LogP contribution in [0.3, 0.4) is 0 Å². The van der Waals surface area contributed by atoms with Crippen LogP contribution in [0.15, 0.2) is 48.5 Å². The summed E-state index contributed by atoms with van der Waals surface area (Å²) in [5, 5.41) is 3.51. The second kappa shape index (κ2) is 7.08. The molecule has 0 spiro atoms. The van der Waals surface area contributed by atoms with Crippen LogP contribution in [0.5, 0.6) is 0 Å². The summed E-state index contributed by atoms with van der Waals surface area (Å²) >= 11 is 5.90. The van der Waals surface area contributed by atoms with Crippen molar-refractivity contribution in [1.82, 2.24) is 0 Å². The molecule has 4 heteroatoms. The van der Waals surface area contributed by atoms with Crippen LogP contribution in [0.1, 0.15) is 11.1 Å². The Balaban J connectivity index is 1.99. The number of benzene rings is 2. The topological polar surface area (TPSA) is 38.3 Å². The predicted molar refractivity (Wildman–Crippen MR) is 80.9 cm³/mol. The van der Waals surface area contributed by atoms with Gasteiger partial charge in [0.05, 0.1) is 13.0 Å². The van der Waals surface area contributed by atoms with Crippen LogP contribution >= 0.6 is 11.6 Å².